The van der Waals surface area contributed by atoms with Gasteiger partial charge in [0.1, 0.15) is 5.76 Å². The number of anilines is 3. The summed E-state index contributed by atoms with van der Waals surface area (Å²) in [6, 6.07) is 20.9. The molecule has 2 N–H and O–H groups in total. The molecule has 174 valence electrons. The molecule has 0 fully saturated rings. The van der Waals surface area contributed by atoms with Crippen molar-refractivity contribution in [3.05, 3.63) is 84.3 Å². The normalized spacial score (nSPS) is 10.6. The van der Waals surface area contributed by atoms with Gasteiger partial charge in [-0.15, -0.1) is 10.2 Å². The smallest absolute Gasteiger partial charge is 0.233 e. The van der Waals surface area contributed by atoms with E-state index in [1.807, 2.05) is 66.7 Å². The van der Waals surface area contributed by atoms with Crippen molar-refractivity contribution in [2.75, 3.05) is 16.4 Å². The Kier molecular flexibility index (Phi) is 7.95. The number of aromatic nitrogens is 2. The maximum absolute atomic E-state index is 13.0. The van der Waals surface area contributed by atoms with Crippen molar-refractivity contribution in [1.29, 1.82) is 0 Å². The summed E-state index contributed by atoms with van der Waals surface area (Å²) in [6.07, 6.45) is 1.61. The van der Waals surface area contributed by atoms with Gasteiger partial charge in [0.2, 0.25) is 16.9 Å². The minimum absolute atomic E-state index is 0.0158. The minimum Gasteiger partial charge on any atom is -0.467 e. The maximum atomic E-state index is 13.0. The molecule has 2 amide bonds. The van der Waals surface area contributed by atoms with Crippen molar-refractivity contribution in [2.45, 2.75) is 24.4 Å². The molecule has 0 saturated carbocycles. The molecule has 4 rings (SSSR count). The molecule has 0 radical (unpaired) electrons. The first-order valence-electron chi connectivity index (χ1n) is 10.5. The van der Waals surface area contributed by atoms with Gasteiger partial charge in [-0.3, -0.25) is 9.59 Å². The zero-order chi connectivity index (χ0) is 23.8. The molecule has 0 atom stereocenters. The van der Waals surface area contributed by atoms with Crippen molar-refractivity contribution in [2.24, 2.45) is 0 Å². The van der Waals surface area contributed by atoms with Crippen LogP contribution in [0.15, 0.2) is 81.8 Å². The van der Waals surface area contributed by atoms with Gasteiger partial charge in [-0.05, 0) is 35.9 Å². The number of thioether (sulfide) groups is 1. The van der Waals surface area contributed by atoms with E-state index in [4.69, 9.17) is 4.42 Å². The number of amides is 2. The second-order valence-corrected chi connectivity index (χ2v) is 9.56. The van der Waals surface area contributed by atoms with Gasteiger partial charge in [-0.1, -0.05) is 59.5 Å². The first-order chi connectivity index (χ1) is 16.5. The molecule has 2 aromatic heterocycles. The average molecular weight is 494 g/mol. The number of benzene rings is 2. The van der Waals surface area contributed by atoms with Gasteiger partial charge in [0.05, 0.1) is 18.6 Å². The largest absolute Gasteiger partial charge is 0.467 e. The molecule has 34 heavy (non-hydrogen) atoms. The van der Waals surface area contributed by atoms with Gasteiger partial charge in [0.15, 0.2) is 4.34 Å². The monoisotopic (exact) mass is 493 g/mol. The molecule has 10 heteroatoms. The topological polar surface area (TPSA) is 100 Å². The van der Waals surface area contributed by atoms with Crippen LogP contribution in [0.5, 0.6) is 0 Å². The molecule has 0 spiro atoms. The molecule has 2 aromatic carbocycles. The van der Waals surface area contributed by atoms with Crippen molar-refractivity contribution in [3.63, 3.8) is 0 Å². The maximum Gasteiger partial charge on any atom is 0.233 e. The summed E-state index contributed by atoms with van der Waals surface area (Å²) in [7, 11) is 0. The molecule has 0 aliphatic carbocycles. The molecule has 0 bridgehead atoms. The van der Waals surface area contributed by atoms with E-state index >= 15 is 0 Å². The van der Waals surface area contributed by atoms with Gasteiger partial charge < -0.3 is 20.0 Å². The van der Waals surface area contributed by atoms with Crippen LogP contribution in [-0.2, 0) is 22.7 Å². The van der Waals surface area contributed by atoms with Crippen LogP contribution in [0.25, 0.3) is 0 Å². The van der Waals surface area contributed by atoms with Gasteiger partial charge in [-0.25, -0.2) is 0 Å². The first-order valence-corrected chi connectivity index (χ1v) is 12.3. The van der Waals surface area contributed by atoms with Crippen molar-refractivity contribution in [1.82, 2.24) is 15.1 Å². The molecule has 0 unspecified atom stereocenters. The van der Waals surface area contributed by atoms with Crippen LogP contribution in [-0.4, -0.2) is 32.7 Å². The van der Waals surface area contributed by atoms with E-state index in [9.17, 15) is 9.59 Å². The summed E-state index contributed by atoms with van der Waals surface area (Å²) in [4.78, 5) is 26.1. The number of rotatable bonds is 10. The van der Waals surface area contributed by atoms with Gasteiger partial charge in [-0.2, -0.15) is 0 Å². The van der Waals surface area contributed by atoms with Crippen LogP contribution < -0.4 is 10.6 Å². The SMILES string of the molecule is CC(=O)Nc1cccc(Nc2nnc(SCC(=O)N(Cc3ccccc3)Cc3ccco3)s2)c1. The van der Waals surface area contributed by atoms with Crippen LogP contribution in [0.3, 0.4) is 0 Å². The molecule has 8 nitrogen and oxygen atoms in total. The van der Waals surface area contributed by atoms with Crippen LogP contribution in [0.2, 0.25) is 0 Å². The predicted octanol–water partition coefficient (Wildman–Crippen LogP) is 5.15. The van der Waals surface area contributed by atoms with E-state index in [1.165, 1.54) is 30.0 Å². The molecular weight excluding hydrogens is 470 g/mol. The van der Waals surface area contributed by atoms with E-state index in [0.717, 1.165) is 17.0 Å². The molecule has 4 aromatic rings. The third-order valence-electron chi connectivity index (χ3n) is 4.66. The lowest BCUT2D eigenvalue weighted by molar-refractivity contribution is -0.129. The highest BCUT2D eigenvalue weighted by Gasteiger charge is 2.17. The predicted molar refractivity (Wildman–Crippen MR) is 134 cm³/mol. The quantitative estimate of drug-likeness (QED) is 0.295. The molecule has 0 aliphatic heterocycles. The zero-order valence-electron chi connectivity index (χ0n) is 18.4. The third-order valence-corrected chi connectivity index (χ3v) is 6.61. The van der Waals surface area contributed by atoms with E-state index < -0.39 is 0 Å². The Bertz CT molecular complexity index is 1230. The second-order valence-electron chi connectivity index (χ2n) is 7.36. The number of hydrogen-bond acceptors (Lipinski definition) is 8. The van der Waals surface area contributed by atoms with Crippen LogP contribution >= 0.6 is 23.1 Å². The lowest BCUT2D eigenvalue weighted by Crippen LogP contribution is -2.31. The van der Waals surface area contributed by atoms with Gasteiger partial charge >= 0.3 is 0 Å². The lowest BCUT2D eigenvalue weighted by Gasteiger charge is -2.21. The molecule has 0 saturated heterocycles. The Morgan fingerprint density at radius 2 is 1.82 bits per heavy atom. The second kappa shape index (κ2) is 11.5. The number of furan rings is 1. The summed E-state index contributed by atoms with van der Waals surface area (Å²) >= 11 is 2.71. The number of nitrogens with one attached hydrogen (secondary N) is 2. The number of carbonyl (C=O) groups excluding carboxylic acids is 2. The standard InChI is InChI=1S/C24H23N5O3S2/c1-17(30)25-19-9-5-10-20(13-19)26-23-27-28-24(34-23)33-16-22(31)29(15-21-11-6-12-32-21)14-18-7-3-2-4-8-18/h2-13H,14-16H2,1H3,(H,25,30)(H,26,27). The summed E-state index contributed by atoms with van der Waals surface area (Å²) < 4.78 is 6.14. The fraction of sp³-hybridized carbons (Fsp3) is 0.167. The highest BCUT2D eigenvalue weighted by Crippen LogP contribution is 2.29. The summed E-state index contributed by atoms with van der Waals surface area (Å²) in [5, 5.41) is 14.9. The molecule has 0 aliphatic rings. The van der Waals surface area contributed by atoms with Gasteiger partial charge in [0.25, 0.3) is 0 Å². The van der Waals surface area contributed by atoms with Crippen LogP contribution in [0, 0.1) is 0 Å². The van der Waals surface area contributed by atoms with E-state index in [-0.39, 0.29) is 17.6 Å². The van der Waals surface area contributed by atoms with Crippen LogP contribution in [0.1, 0.15) is 18.2 Å². The van der Waals surface area contributed by atoms with E-state index in [1.54, 1.807) is 11.2 Å². The minimum atomic E-state index is -0.134. The van der Waals surface area contributed by atoms with Crippen molar-refractivity contribution in [3.8, 4) is 0 Å². The Labute approximate surface area is 205 Å². The highest BCUT2D eigenvalue weighted by atomic mass is 32.2. The van der Waals surface area contributed by atoms with E-state index in [0.29, 0.717) is 28.2 Å². The molecular formula is C24H23N5O3S2. The fourth-order valence-corrected chi connectivity index (χ4v) is 4.84. The average Bonchev–Trinajstić information content (AvgIpc) is 3.50. The third kappa shape index (κ3) is 6.93. The highest BCUT2D eigenvalue weighted by molar-refractivity contribution is 8.01. The van der Waals surface area contributed by atoms with Crippen molar-refractivity contribution < 1.29 is 14.0 Å². The van der Waals surface area contributed by atoms with Crippen LogP contribution in [0.4, 0.5) is 16.5 Å². The summed E-state index contributed by atoms with van der Waals surface area (Å²) in [6.45, 7) is 2.36. The van der Waals surface area contributed by atoms with Gasteiger partial charge in [0, 0.05) is 24.8 Å². The first kappa shape index (κ1) is 23.5. The Morgan fingerprint density at radius 1 is 1.00 bits per heavy atom. The van der Waals surface area contributed by atoms with Crippen molar-refractivity contribution >= 4 is 51.4 Å². The number of carbonyl (C=O) groups is 2. The summed E-state index contributed by atoms with van der Waals surface area (Å²) in [5.74, 6) is 0.820. The zero-order valence-corrected chi connectivity index (χ0v) is 20.1. The van der Waals surface area contributed by atoms with E-state index in [2.05, 4.69) is 20.8 Å². The number of nitrogens with zero attached hydrogens (tertiary/aromatic N) is 3. The number of hydrogen-bond donors (Lipinski definition) is 2. The Balaban J connectivity index is 1.36. The molecule has 2 heterocycles. The lowest BCUT2D eigenvalue weighted by atomic mass is 10.2. The summed E-state index contributed by atoms with van der Waals surface area (Å²) in [5.41, 5.74) is 2.52. The Hall–Kier alpha value is -3.63. The Morgan fingerprint density at radius 3 is 2.59 bits per heavy atom. The fourth-order valence-electron chi connectivity index (χ4n) is 3.16.